The van der Waals surface area contributed by atoms with Crippen LogP contribution in [-0.2, 0) is 0 Å². The second kappa shape index (κ2) is 5.02. The van der Waals surface area contributed by atoms with E-state index in [9.17, 15) is 0 Å². The molecule has 2 N–H and O–H groups in total. The van der Waals surface area contributed by atoms with Crippen LogP contribution in [0.15, 0.2) is 4.99 Å². The molecule has 0 aromatic heterocycles. The molecule has 0 saturated heterocycles. The summed E-state index contributed by atoms with van der Waals surface area (Å²) in [6.45, 7) is 0. The maximum absolute atomic E-state index is 7.00. The minimum Gasteiger partial charge on any atom is -0.379 e. The number of rotatable bonds is 2. The second-order valence-electron chi connectivity index (χ2n) is 1.13. The number of hydrogen-bond donors (Lipinski definition) is 2. The summed E-state index contributed by atoms with van der Waals surface area (Å²) >= 11 is 2.09. The average molecular weight is 225 g/mol. The Morgan fingerprint density at radius 3 is 3.00 bits per heavy atom. The summed E-state index contributed by atoms with van der Waals surface area (Å²) in [5, 5.41) is 9.69. The summed E-state index contributed by atoms with van der Waals surface area (Å²) in [5.74, 6) is 0.389. The van der Waals surface area contributed by atoms with Gasteiger partial charge in [0.2, 0.25) is 0 Å². The van der Waals surface area contributed by atoms with E-state index >= 15 is 0 Å². The summed E-state index contributed by atoms with van der Waals surface area (Å²) in [4.78, 5) is 3.70. The van der Waals surface area contributed by atoms with Crippen molar-refractivity contribution in [3.8, 4) is 0 Å². The molecule has 46 valence electrons. The number of nitrogens with zero attached hydrogens (tertiary/aromatic N) is 1. The van der Waals surface area contributed by atoms with Crippen molar-refractivity contribution in [1.82, 2.24) is 5.32 Å². The van der Waals surface area contributed by atoms with E-state index in [4.69, 9.17) is 5.41 Å². The molecule has 0 unspecified atom stereocenters. The predicted molar refractivity (Wildman–Crippen MR) is 44.2 cm³/mol. The van der Waals surface area contributed by atoms with E-state index < -0.39 is 0 Å². The standard InChI is InChI=1S/C4H8IN3/c1-7-3-8-4(6)2-5/h3H,2H2,1H3,(H2,6,7,8). The molecule has 0 bridgehead atoms. The first-order chi connectivity index (χ1) is 3.81. The van der Waals surface area contributed by atoms with Crippen molar-refractivity contribution in [2.24, 2.45) is 4.99 Å². The Balaban J connectivity index is 3.37. The van der Waals surface area contributed by atoms with Crippen molar-refractivity contribution in [2.75, 3.05) is 11.5 Å². The second-order valence-corrected chi connectivity index (χ2v) is 1.89. The Morgan fingerprint density at radius 1 is 2.00 bits per heavy atom. The molecule has 0 saturated carbocycles. The van der Waals surface area contributed by atoms with E-state index in [1.807, 2.05) is 0 Å². The van der Waals surface area contributed by atoms with Gasteiger partial charge in [-0.25, -0.2) is 4.99 Å². The van der Waals surface area contributed by atoms with Gasteiger partial charge in [-0.3, -0.25) is 5.41 Å². The van der Waals surface area contributed by atoms with Gasteiger partial charge in [0, 0.05) is 7.05 Å². The third kappa shape index (κ3) is 4.04. The minimum atomic E-state index is 0.389. The topological polar surface area (TPSA) is 48.2 Å². The maximum atomic E-state index is 7.00. The summed E-state index contributed by atoms with van der Waals surface area (Å²) in [6, 6.07) is 0. The molecule has 4 heteroatoms. The number of alkyl halides is 1. The van der Waals surface area contributed by atoms with Gasteiger partial charge in [-0.1, -0.05) is 22.6 Å². The fraction of sp³-hybridized carbons (Fsp3) is 0.500. The van der Waals surface area contributed by atoms with Gasteiger partial charge in [-0.2, -0.15) is 0 Å². The Kier molecular flexibility index (Phi) is 4.93. The van der Waals surface area contributed by atoms with E-state index in [1.54, 1.807) is 7.05 Å². The monoisotopic (exact) mass is 225 g/mol. The van der Waals surface area contributed by atoms with E-state index in [0.29, 0.717) is 10.3 Å². The van der Waals surface area contributed by atoms with Gasteiger partial charge >= 0.3 is 0 Å². The predicted octanol–water partition coefficient (Wildman–Crippen LogP) is 0.646. The highest BCUT2D eigenvalue weighted by atomic mass is 127. The number of halogens is 1. The number of hydrogen-bond acceptors (Lipinski definition) is 1. The normalized spacial score (nSPS) is 9.75. The Labute approximate surface area is 62.2 Å². The van der Waals surface area contributed by atoms with E-state index in [2.05, 4.69) is 32.9 Å². The van der Waals surface area contributed by atoms with E-state index in [0.717, 1.165) is 0 Å². The largest absolute Gasteiger partial charge is 0.379 e. The van der Waals surface area contributed by atoms with Crippen LogP contribution in [0.2, 0.25) is 0 Å². The molecule has 0 rings (SSSR count). The van der Waals surface area contributed by atoms with Crippen LogP contribution in [0.4, 0.5) is 0 Å². The third-order valence-corrected chi connectivity index (χ3v) is 1.20. The lowest BCUT2D eigenvalue weighted by molar-refractivity contribution is 1.21. The fourth-order valence-corrected chi connectivity index (χ4v) is 0.374. The molecule has 0 spiro atoms. The number of nitrogens with one attached hydrogen (secondary N) is 2. The smallest absolute Gasteiger partial charge is 0.132 e. The molecule has 3 nitrogen and oxygen atoms in total. The van der Waals surface area contributed by atoms with Gasteiger partial charge in [-0.15, -0.1) is 0 Å². The van der Waals surface area contributed by atoms with Crippen LogP contribution in [-0.4, -0.2) is 23.6 Å². The summed E-state index contributed by atoms with van der Waals surface area (Å²) in [6.07, 6.45) is 1.50. The number of aliphatic imine (C=N–C) groups is 1. The zero-order valence-corrected chi connectivity index (χ0v) is 6.77. The van der Waals surface area contributed by atoms with E-state index in [-0.39, 0.29) is 0 Å². The highest BCUT2D eigenvalue weighted by Gasteiger charge is 1.82. The van der Waals surface area contributed by atoms with Crippen molar-refractivity contribution < 1.29 is 0 Å². The van der Waals surface area contributed by atoms with Crippen LogP contribution in [0.25, 0.3) is 0 Å². The van der Waals surface area contributed by atoms with Crippen molar-refractivity contribution in [2.45, 2.75) is 0 Å². The fourth-order valence-electron chi connectivity index (χ4n) is 0.177. The van der Waals surface area contributed by atoms with Crippen molar-refractivity contribution in [3.05, 3.63) is 0 Å². The molecule has 0 aromatic rings. The highest BCUT2D eigenvalue weighted by molar-refractivity contribution is 14.1. The Bertz CT molecular complexity index is 99.5. The van der Waals surface area contributed by atoms with Gasteiger partial charge in [-0.05, 0) is 0 Å². The van der Waals surface area contributed by atoms with Gasteiger partial charge in [0.15, 0.2) is 0 Å². The van der Waals surface area contributed by atoms with Crippen LogP contribution in [0.5, 0.6) is 0 Å². The van der Waals surface area contributed by atoms with Crippen molar-refractivity contribution >= 4 is 34.8 Å². The van der Waals surface area contributed by atoms with Crippen LogP contribution < -0.4 is 5.32 Å². The zero-order valence-electron chi connectivity index (χ0n) is 4.61. The first-order valence-electron chi connectivity index (χ1n) is 2.14. The van der Waals surface area contributed by atoms with Crippen molar-refractivity contribution in [1.29, 1.82) is 5.41 Å². The quantitative estimate of drug-likeness (QED) is 0.308. The van der Waals surface area contributed by atoms with Crippen LogP contribution in [0.1, 0.15) is 0 Å². The summed E-state index contributed by atoms with van der Waals surface area (Å²) in [7, 11) is 1.75. The molecule has 0 fully saturated rings. The zero-order chi connectivity index (χ0) is 6.41. The molecule has 0 radical (unpaired) electrons. The van der Waals surface area contributed by atoms with Gasteiger partial charge in [0.25, 0.3) is 0 Å². The van der Waals surface area contributed by atoms with Crippen LogP contribution >= 0.6 is 22.6 Å². The molecule has 0 atom stereocenters. The maximum Gasteiger partial charge on any atom is 0.132 e. The van der Waals surface area contributed by atoms with Gasteiger partial charge in [0.1, 0.15) is 5.84 Å². The van der Waals surface area contributed by atoms with Gasteiger partial charge in [0.05, 0.1) is 10.8 Å². The lowest BCUT2D eigenvalue weighted by atomic mass is 10.7. The summed E-state index contributed by atoms with van der Waals surface area (Å²) in [5.41, 5.74) is 0. The third-order valence-electron chi connectivity index (χ3n) is 0.476. The molecular formula is C4H8IN3. The Morgan fingerprint density at radius 2 is 2.62 bits per heavy atom. The van der Waals surface area contributed by atoms with Crippen LogP contribution in [0, 0.1) is 5.41 Å². The van der Waals surface area contributed by atoms with Crippen LogP contribution in [0.3, 0.4) is 0 Å². The SMILES string of the molecule is CN/C=N\C(=N)CI. The first kappa shape index (κ1) is 7.87. The van der Waals surface area contributed by atoms with Gasteiger partial charge < -0.3 is 5.32 Å². The number of amidine groups is 1. The Hall–Kier alpha value is -0.130. The minimum absolute atomic E-state index is 0.389. The lowest BCUT2D eigenvalue weighted by Gasteiger charge is -1.86. The lowest BCUT2D eigenvalue weighted by Crippen LogP contribution is -2.04. The average Bonchev–Trinajstić information content (AvgIpc) is 1.83. The molecule has 0 aliphatic carbocycles. The first-order valence-corrected chi connectivity index (χ1v) is 3.67. The van der Waals surface area contributed by atoms with Crippen molar-refractivity contribution in [3.63, 3.8) is 0 Å². The molecule has 0 aromatic carbocycles. The van der Waals surface area contributed by atoms with E-state index in [1.165, 1.54) is 6.34 Å². The summed E-state index contributed by atoms with van der Waals surface area (Å²) < 4.78 is 0.663. The molecular weight excluding hydrogens is 217 g/mol. The highest BCUT2D eigenvalue weighted by Crippen LogP contribution is 1.82. The molecule has 0 amide bonds. The molecule has 8 heavy (non-hydrogen) atoms. The molecule has 0 aliphatic heterocycles. The molecule has 0 aliphatic rings. The molecule has 0 heterocycles.